The van der Waals surface area contributed by atoms with E-state index in [4.69, 9.17) is 11.6 Å². The average molecular weight is 354 g/mol. The van der Waals surface area contributed by atoms with Crippen LogP contribution in [-0.4, -0.2) is 22.1 Å². The summed E-state index contributed by atoms with van der Waals surface area (Å²) in [6.45, 7) is 0. The van der Waals surface area contributed by atoms with Crippen LogP contribution >= 0.6 is 23.4 Å². The Bertz CT molecular complexity index is 691. The van der Waals surface area contributed by atoms with Gasteiger partial charge in [-0.25, -0.2) is 0 Å². The highest BCUT2D eigenvalue weighted by Gasteiger charge is 2.06. The molecule has 22 heavy (non-hydrogen) atoms. The van der Waals surface area contributed by atoms with Crippen LogP contribution in [-0.2, 0) is 15.6 Å². The fraction of sp³-hybridized carbons (Fsp3) is 0.188. The normalized spacial score (nSPS) is 11.9. The molecule has 2 rings (SSSR count). The first kappa shape index (κ1) is 17.1. The summed E-state index contributed by atoms with van der Waals surface area (Å²) < 4.78 is 11.4. The van der Waals surface area contributed by atoms with Gasteiger partial charge in [0.25, 0.3) is 0 Å². The minimum Gasteiger partial charge on any atom is -0.326 e. The summed E-state index contributed by atoms with van der Waals surface area (Å²) in [6, 6.07) is 14.6. The van der Waals surface area contributed by atoms with Crippen LogP contribution < -0.4 is 5.32 Å². The highest BCUT2D eigenvalue weighted by atomic mass is 35.5. The van der Waals surface area contributed by atoms with Gasteiger partial charge in [-0.15, -0.1) is 11.8 Å². The second-order valence-electron chi connectivity index (χ2n) is 4.56. The molecule has 0 heterocycles. The summed E-state index contributed by atoms with van der Waals surface area (Å²) in [5, 5.41) is 3.52. The number of hydrogen-bond acceptors (Lipinski definition) is 3. The molecule has 0 spiro atoms. The van der Waals surface area contributed by atoms with Crippen molar-refractivity contribution in [3.05, 3.63) is 53.6 Å². The van der Waals surface area contributed by atoms with Crippen LogP contribution in [0.3, 0.4) is 0 Å². The van der Waals surface area contributed by atoms with Gasteiger partial charge in [0.1, 0.15) is 0 Å². The first-order chi connectivity index (χ1) is 10.6. The molecule has 1 unspecified atom stereocenters. The van der Waals surface area contributed by atoms with Crippen LogP contribution in [0, 0.1) is 0 Å². The highest BCUT2D eigenvalue weighted by Crippen LogP contribution is 2.27. The molecule has 0 aliphatic carbocycles. The molecule has 0 fully saturated rings. The van der Waals surface area contributed by atoms with Gasteiger partial charge >= 0.3 is 0 Å². The highest BCUT2D eigenvalue weighted by molar-refractivity contribution is 7.99. The van der Waals surface area contributed by atoms with Crippen LogP contribution in [0.4, 0.5) is 5.69 Å². The van der Waals surface area contributed by atoms with Crippen LogP contribution in [0.15, 0.2) is 58.3 Å². The average Bonchev–Trinajstić information content (AvgIpc) is 2.49. The maximum Gasteiger partial charge on any atom is 0.225 e. The van der Waals surface area contributed by atoms with Crippen LogP contribution in [0.5, 0.6) is 0 Å². The zero-order chi connectivity index (χ0) is 15.9. The summed E-state index contributed by atoms with van der Waals surface area (Å²) in [5.74, 6) is 0.577. The van der Waals surface area contributed by atoms with E-state index in [1.165, 1.54) is 0 Å². The summed E-state index contributed by atoms with van der Waals surface area (Å²) in [7, 11) is -1.06. The number of carbonyl (C=O) groups is 1. The van der Waals surface area contributed by atoms with Crippen molar-refractivity contribution in [2.24, 2.45) is 0 Å². The molecule has 0 radical (unpaired) electrons. The molecule has 3 nitrogen and oxygen atoms in total. The largest absolute Gasteiger partial charge is 0.326 e. The number of benzene rings is 2. The number of halogens is 1. The van der Waals surface area contributed by atoms with Crippen LogP contribution in [0.2, 0.25) is 5.02 Å². The zero-order valence-electron chi connectivity index (χ0n) is 12.0. The first-order valence-corrected chi connectivity index (χ1v) is 9.59. The van der Waals surface area contributed by atoms with E-state index >= 15 is 0 Å². The van der Waals surface area contributed by atoms with Gasteiger partial charge in [-0.05, 0) is 30.3 Å². The Hall–Kier alpha value is -1.30. The summed E-state index contributed by atoms with van der Waals surface area (Å²) in [4.78, 5) is 13.6. The Kier molecular flexibility index (Phi) is 6.49. The van der Waals surface area contributed by atoms with E-state index in [1.807, 2.05) is 24.3 Å². The lowest BCUT2D eigenvalue weighted by molar-refractivity contribution is -0.115. The molecular formula is C16H16ClNO2S2. The van der Waals surface area contributed by atoms with Crippen LogP contribution in [0.1, 0.15) is 6.42 Å². The Morgan fingerprint density at radius 1 is 1.23 bits per heavy atom. The first-order valence-electron chi connectivity index (χ1n) is 6.67. The minimum atomic E-state index is -1.06. The number of nitrogens with one attached hydrogen (secondary N) is 1. The smallest absolute Gasteiger partial charge is 0.225 e. The molecule has 0 aromatic heterocycles. The second-order valence-corrected chi connectivity index (χ2v) is 7.48. The van der Waals surface area contributed by atoms with E-state index in [9.17, 15) is 9.00 Å². The molecule has 116 valence electrons. The van der Waals surface area contributed by atoms with Gasteiger partial charge in [0.15, 0.2) is 0 Å². The lowest BCUT2D eigenvalue weighted by atomic mass is 10.3. The van der Waals surface area contributed by atoms with E-state index in [1.54, 1.807) is 42.3 Å². The van der Waals surface area contributed by atoms with E-state index in [0.717, 1.165) is 4.90 Å². The standard InChI is InChI=1S/C16H16ClNO2S2/c1-22(20)13-6-4-5-12(11-13)18-16(19)9-10-21-15-8-3-2-7-14(15)17/h2-8,11H,9-10H2,1H3,(H,18,19). The van der Waals surface area contributed by atoms with Crippen molar-refractivity contribution in [2.45, 2.75) is 16.2 Å². The summed E-state index contributed by atoms with van der Waals surface area (Å²) in [6.07, 6.45) is 2.00. The lowest BCUT2D eigenvalue weighted by Crippen LogP contribution is -2.12. The number of rotatable bonds is 6. The maximum absolute atomic E-state index is 11.9. The van der Waals surface area contributed by atoms with E-state index in [0.29, 0.717) is 27.8 Å². The van der Waals surface area contributed by atoms with E-state index in [-0.39, 0.29) is 5.91 Å². The number of anilines is 1. The molecule has 0 aliphatic heterocycles. The van der Waals surface area contributed by atoms with Crippen LogP contribution in [0.25, 0.3) is 0 Å². The molecule has 0 aliphatic rings. The maximum atomic E-state index is 11.9. The molecule has 2 aromatic carbocycles. The molecule has 0 saturated heterocycles. The predicted octanol–water partition coefficient (Wildman–Crippen LogP) is 4.20. The fourth-order valence-electron chi connectivity index (χ4n) is 1.79. The topological polar surface area (TPSA) is 46.2 Å². The molecule has 6 heteroatoms. The Labute approximate surface area is 141 Å². The quantitative estimate of drug-likeness (QED) is 0.792. The van der Waals surface area contributed by atoms with Gasteiger partial charge in [0.2, 0.25) is 5.91 Å². The van der Waals surface area contributed by atoms with Crippen molar-refractivity contribution in [3.8, 4) is 0 Å². The minimum absolute atomic E-state index is 0.0708. The van der Waals surface area contributed by atoms with Crippen molar-refractivity contribution >= 4 is 45.8 Å². The van der Waals surface area contributed by atoms with Gasteiger partial charge in [-0.2, -0.15) is 0 Å². The molecule has 0 saturated carbocycles. The molecule has 0 bridgehead atoms. The van der Waals surface area contributed by atoms with Crippen molar-refractivity contribution in [3.63, 3.8) is 0 Å². The van der Waals surface area contributed by atoms with Gasteiger partial charge in [0, 0.05) is 44.7 Å². The lowest BCUT2D eigenvalue weighted by Gasteiger charge is -2.07. The number of thioether (sulfide) groups is 1. The number of amides is 1. The Balaban J connectivity index is 1.84. The molecule has 1 amide bonds. The summed E-state index contributed by atoms with van der Waals surface area (Å²) >= 11 is 7.62. The Morgan fingerprint density at radius 3 is 2.73 bits per heavy atom. The molecular weight excluding hydrogens is 338 g/mol. The molecule has 2 aromatic rings. The zero-order valence-corrected chi connectivity index (χ0v) is 14.4. The van der Waals surface area contributed by atoms with E-state index < -0.39 is 10.8 Å². The third-order valence-electron chi connectivity index (χ3n) is 2.87. The van der Waals surface area contributed by atoms with Crippen molar-refractivity contribution in [1.29, 1.82) is 0 Å². The SMILES string of the molecule is CS(=O)c1cccc(NC(=O)CCSc2ccccc2Cl)c1. The number of carbonyl (C=O) groups excluding carboxylic acids is 1. The molecule has 1 atom stereocenters. The second kappa shape index (κ2) is 8.36. The van der Waals surface area contributed by atoms with Gasteiger partial charge in [0.05, 0.1) is 5.02 Å². The van der Waals surface area contributed by atoms with Gasteiger partial charge < -0.3 is 5.32 Å². The summed E-state index contributed by atoms with van der Waals surface area (Å²) in [5.41, 5.74) is 0.667. The monoisotopic (exact) mass is 353 g/mol. The van der Waals surface area contributed by atoms with Crippen molar-refractivity contribution in [1.82, 2.24) is 0 Å². The third-order valence-corrected chi connectivity index (χ3v) is 5.31. The molecule has 1 N–H and O–H groups in total. The Morgan fingerprint density at radius 2 is 2.00 bits per heavy atom. The van der Waals surface area contributed by atoms with E-state index in [2.05, 4.69) is 5.32 Å². The number of hydrogen-bond donors (Lipinski definition) is 1. The van der Waals surface area contributed by atoms with Crippen molar-refractivity contribution in [2.75, 3.05) is 17.3 Å². The third kappa shape index (κ3) is 5.16. The van der Waals surface area contributed by atoms with Gasteiger partial charge in [-0.1, -0.05) is 29.8 Å². The predicted molar refractivity (Wildman–Crippen MR) is 94.2 cm³/mol. The fourth-order valence-corrected chi connectivity index (χ4v) is 3.54. The van der Waals surface area contributed by atoms with Gasteiger partial charge in [-0.3, -0.25) is 9.00 Å². The van der Waals surface area contributed by atoms with Crippen molar-refractivity contribution < 1.29 is 9.00 Å².